The second-order valence-electron chi connectivity index (χ2n) is 8.02. The number of nitrogens with zero attached hydrogens (tertiary/aromatic N) is 1. The minimum absolute atomic E-state index is 0.446. The molecular weight excluding hydrogens is 310 g/mol. The molecule has 2 fully saturated rings. The van der Waals surface area contributed by atoms with Gasteiger partial charge in [-0.05, 0) is 50.5 Å². The zero-order chi connectivity index (χ0) is 16.7. The predicted octanol–water partition coefficient (Wildman–Crippen LogP) is 4.08. The number of rotatable bonds is 7. The SMILES string of the molecule is OC[Si](CCCN1CCCCC1)(c1ccccc1)C1CCCCC1. The van der Waals surface area contributed by atoms with Gasteiger partial charge in [-0.15, -0.1) is 0 Å². The summed E-state index contributed by atoms with van der Waals surface area (Å²) in [6, 6.07) is 12.4. The topological polar surface area (TPSA) is 23.5 Å². The second kappa shape index (κ2) is 9.16. The van der Waals surface area contributed by atoms with Crippen LogP contribution < -0.4 is 5.19 Å². The summed E-state index contributed by atoms with van der Waals surface area (Å²) < 4.78 is 0. The largest absolute Gasteiger partial charge is 0.399 e. The van der Waals surface area contributed by atoms with Crippen molar-refractivity contribution in [3.05, 3.63) is 30.3 Å². The summed E-state index contributed by atoms with van der Waals surface area (Å²) in [5, 5.41) is 12.1. The van der Waals surface area contributed by atoms with Gasteiger partial charge >= 0.3 is 0 Å². The van der Waals surface area contributed by atoms with Crippen LogP contribution in [0.4, 0.5) is 0 Å². The maximum atomic E-state index is 10.6. The van der Waals surface area contributed by atoms with Gasteiger partial charge in [0.25, 0.3) is 0 Å². The first-order valence-corrected chi connectivity index (χ1v) is 12.7. The average molecular weight is 346 g/mol. The third-order valence-electron chi connectivity index (χ3n) is 6.56. The van der Waals surface area contributed by atoms with Crippen LogP contribution in [0.3, 0.4) is 0 Å². The van der Waals surface area contributed by atoms with E-state index in [1.54, 1.807) is 0 Å². The van der Waals surface area contributed by atoms with Crippen LogP contribution in [0.5, 0.6) is 0 Å². The molecule has 3 rings (SSSR count). The van der Waals surface area contributed by atoms with Crippen LogP contribution in [0.2, 0.25) is 11.6 Å². The number of hydrogen-bond acceptors (Lipinski definition) is 2. The summed E-state index contributed by atoms with van der Waals surface area (Å²) in [6.07, 6.45) is 12.7. The molecule has 1 aromatic carbocycles. The van der Waals surface area contributed by atoms with E-state index in [-0.39, 0.29) is 0 Å². The number of hydrogen-bond donors (Lipinski definition) is 1. The Labute approximate surface area is 149 Å². The maximum Gasteiger partial charge on any atom is 0.118 e. The van der Waals surface area contributed by atoms with E-state index in [0.29, 0.717) is 6.23 Å². The van der Waals surface area contributed by atoms with Gasteiger partial charge in [0.1, 0.15) is 8.07 Å². The molecular formula is C21H35NOSi. The molecule has 1 atom stereocenters. The van der Waals surface area contributed by atoms with E-state index < -0.39 is 8.07 Å². The van der Waals surface area contributed by atoms with Crippen molar-refractivity contribution in [2.75, 3.05) is 25.9 Å². The Kier molecular flexibility index (Phi) is 6.93. The van der Waals surface area contributed by atoms with Crippen molar-refractivity contribution in [3.63, 3.8) is 0 Å². The van der Waals surface area contributed by atoms with E-state index >= 15 is 0 Å². The van der Waals surface area contributed by atoms with Crippen molar-refractivity contribution < 1.29 is 5.11 Å². The molecule has 3 heteroatoms. The number of likely N-dealkylation sites (tertiary alicyclic amines) is 1. The molecule has 0 bridgehead atoms. The van der Waals surface area contributed by atoms with E-state index in [2.05, 4.69) is 35.2 Å². The molecule has 1 N–H and O–H groups in total. The van der Waals surface area contributed by atoms with Crippen LogP contribution in [0.25, 0.3) is 0 Å². The summed E-state index contributed by atoms with van der Waals surface area (Å²) in [4.78, 5) is 2.66. The van der Waals surface area contributed by atoms with E-state index in [4.69, 9.17) is 0 Å². The lowest BCUT2D eigenvalue weighted by molar-refractivity contribution is 0.228. The van der Waals surface area contributed by atoms with Crippen molar-refractivity contribution in [2.45, 2.75) is 69.4 Å². The summed E-state index contributed by atoms with van der Waals surface area (Å²) in [6.45, 7) is 3.83. The van der Waals surface area contributed by atoms with E-state index in [9.17, 15) is 5.11 Å². The lowest BCUT2D eigenvalue weighted by Crippen LogP contribution is -2.56. The summed E-state index contributed by atoms with van der Waals surface area (Å²) in [7, 11) is -1.80. The van der Waals surface area contributed by atoms with E-state index in [1.807, 2.05) is 0 Å². The molecule has 1 saturated carbocycles. The van der Waals surface area contributed by atoms with Gasteiger partial charge in [0.05, 0.1) is 0 Å². The fourth-order valence-electron chi connectivity index (χ4n) is 5.11. The highest BCUT2D eigenvalue weighted by Crippen LogP contribution is 2.39. The van der Waals surface area contributed by atoms with Gasteiger partial charge < -0.3 is 10.0 Å². The first-order chi connectivity index (χ1) is 11.8. The Balaban J connectivity index is 1.70. The van der Waals surface area contributed by atoms with Gasteiger partial charge in [-0.25, -0.2) is 0 Å². The normalized spacial score (nSPS) is 23.0. The molecule has 134 valence electrons. The predicted molar refractivity (Wildman–Crippen MR) is 105 cm³/mol. The van der Waals surface area contributed by atoms with Crippen molar-refractivity contribution in [1.29, 1.82) is 0 Å². The average Bonchev–Trinajstić information content (AvgIpc) is 2.68. The number of aliphatic hydroxyl groups is 1. The molecule has 1 heterocycles. The van der Waals surface area contributed by atoms with Crippen molar-refractivity contribution >= 4 is 13.3 Å². The van der Waals surface area contributed by atoms with E-state index in [1.165, 1.54) is 88.7 Å². The molecule has 1 saturated heterocycles. The summed E-state index contributed by atoms with van der Waals surface area (Å²) >= 11 is 0. The van der Waals surface area contributed by atoms with Gasteiger partial charge in [-0.3, -0.25) is 0 Å². The zero-order valence-electron chi connectivity index (χ0n) is 15.3. The highest BCUT2D eigenvalue weighted by atomic mass is 28.3. The molecule has 0 radical (unpaired) electrons. The fraction of sp³-hybridized carbons (Fsp3) is 0.714. The number of piperidine rings is 1. The standard InChI is InChI=1S/C21H35NOSi/c23-19-24(20-11-4-1-5-12-20,21-13-6-2-7-14-21)18-10-17-22-15-8-3-9-16-22/h1,4-5,11-12,21,23H,2-3,6-10,13-19H2. The molecule has 2 aliphatic rings. The Morgan fingerprint density at radius 1 is 0.917 bits per heavy atom. The molecule has 0 aromatic heterocycles. The Morgan fingerprint density at radius 3 is 2.25 bits per heavy atom. The fourth-order valence-corrected chi connectivity index (χ4v) is 10.0. The van der Waals surface area contributed by atoms with Crippen molar-refractivity contribution in [1.82, 2.24) is 4.90 Å². The monoisotopic (exact) mass is 345 g/mol. The van der Waals surface area contributed by atoms with E-state index in [0.717, 1.165) is 5.54 Å². The molecule has 1 aromatic rings. The summed E-state index contributed by atoms with van der Waals surface area (Å²) in [5.41, 5.74) is 0.792. The molecule has 2 nitrogen and oxygen atoms in total. The molecule has 1 aliphatic heterocycles. The molecule has 0 spiro atoms. The highest BCUT2D eigenvalue weighted by Gasteiger charge is 2.42. The smallest absolute Gasteiger partial charge is 0.118 e. The molecule has 1 aliphatic carbocycles. The second-order valence-corrected chi connectivity index (χ2v) is 12.5. The van der Waals surface area contributed by atoms with Gasteiger partial charge in [0.2, 0.25) is 0 Å². The Bertz CT molecular complexity index is 468. The lowest BCUT2D eigenvalue weighted by Gasteiger charge is -2.41. The van der Waals surface area contributed by atoms with Crippen LogP contribution in [0.15, 0.2) is 30.3 Å². The van der Waals surface area contributed by atoms with Crippen LogP contribution in [-0.2, 0) is 0 Å². The minimum Gasteiger partial charge on any atom is -0.399 e. The first-order valence-electron chi connectivity index (χ1n) is 10.2. The van der Waals surface area contributed by atoms with Gasteiger partial charge in [-0.2, -0.15) is 0 Å². The number of aliphatic hydroxyl groups excluding tert-OH is 1. The van der Waals surface area contributed by atoms with Crippen molar-refractivity contribution in [3.8, 4) is 0 Å². The van der Waals surface area contributed by atoms with Crippen LogP contribution in [-0.4, -0.2) is 43.9 Å². The lowest BCUT2D eigenvalue weighted by atomic mass is 10.0. The van der Waals surface area contributed by atoms with Gasteiger partial charge in [-0.1, -0.05) is 74.0 Å². The van der Waals surface area contributed by atoms with Gasteiger partial charge in [0.15, 0.2) is 0 Å². The number of benzene rings is 1. The van der Waals surface area contributed by atoms with Crippen LogP contribution in [0.1, 0.15) is 57.8 Å². The van der Waals surface area contributed by atoms with Crippen molar-refractivity contribution in [2.24, 2.45) is 0 Å². The molecule has 24 heavy (non-hydrogen) atoms. The minimum atomic E-state index is -1.80. The highest BCUT2D eigenvalue weighted by molar-refractivity contribution is 6.93. The summed E-state index contributed by atoms with van der Waals surface area (Å²) in [5.74, 6) is 0. The first kappa shape index (κ1) is 18.2. The quantitative estimate of drug-likeness (QED) is 0.753. The Hall–Kier alpha value is -0.643. The maximum absolute atomic E-state index is 10.6. The zero-order valence-corrected chi connectivity index (χ0v) is 16.3. The Morgan fingerprint density at radius 2 is 1.58 bits per heavy atom. The third kappa shape index (κ3) is 4.30. The van der Waals surface area contributed by atoms with Crippen LogP contribution >= 0.6 is 0 Å². The molecule has 1 unspecified atom stereocenters. The third-order valence-corrected chi connectivity index (χ3v) is 12.0. The van der Waals surface area contributed by atoms with Gasteiger partial charge in [0, 0.05) is 6.23 Å². The molecule has 0 amide bonds. The van der Waals surface area contributed by atoms with Crippen LogP contribution in [0, 0.1) is 0 Å².